The molecule has 1 amide bonds. The predicted octanol–water partition coefficient (Wildman–Crippen LogP) is 1.78. The molecule has 0 radical (unpaired) electrons. The third-order valence-corrected chi connectivity index (χ3v) is 3.11. The van der Waals surface area contributed by atoms with Crippen LogP contribution in [0.1, 0.15) is 19.8 Å². The fourth-order valence-corrected chi connectivity index (χ4v) is 2.16. The van der Waals surface area contributed by atoms with Crippen LogP contribution < -0.4 is 20.1 Å². The zero-order valence-electron chi connectivity index (χ0n) is 11.4. The maximum absolute atomic E-state index is 12.0. The first kappa shape index (κ1) is 13.7. The van der Waals surface area contributed by atoms with Gasteiger partial charge in [0, 0.05) is 11.8 Å². The summed E-state index contributed by atoms with van der Waals surface area (Å²) in [6.45, 7) is 3.37. The van der Waals surface area contributed by atoms with Crippen molar-refractivity contribution in [3.8, 4) is 11.5 Å². The first-order chi connectivity index (χ1) is 9.24. The first-order valence-electron chi connectivity index (χ1n) is 6.59. The molecule has 1 atom stereocenters. The summed E-state index contributed by atoms with van der Waals surface area (Å²) in [7, 11) is 1.60. The molecule has 0 unspecified atom stereocenters. The van der Waals surface area contributed by atoms with Crippen molar-refractivity contribution in [2.75, 3.05) is 25.6 Å². The van der Waals surface area contributed by atoms with Crippen LogP contribution in [0.5, 0.6) is 11.5 Å². The van der Waals surface area contributed by atoms with E-state index in [0.717, 1.165) is 25.1 Å². The van der Waals surface area contributed by atoms with Crippen LogP contribution in [-0.2, 0) is 4.79 Å². The average Bonchev–Trinajstić information content (AvgIpc) is 2.93. The normalized spacial score (nSPS) is 18.1. The summed E-state index contributed by atoms with van der Waals surface area (Å²) in [5.74, 6) is 1.31. The van der Waals surface area contributed by atoms with E-state index < -0.39 is 0 Å². The maximum atomic E-state index is 12.0. The Bertz CT molecular complexity index is 442. The van der Waals surface area contributed by atoms with E-state index in [1.54, 1.807) is 19.2 Å². The van der Waals surface area contributed by atoms with Crippen molar-refractivity contribution in [1.29, 1.82) is 0 Å². The SMILES string of the molecule is CCOc1cc(NC(=O)[C@H]2CCCN2)ccc1OC. The molecule has 0 bridgehead atoms. The zero-order valence-corrected chi connectivity index (χ0v) is 11.4. The van der Waals surface area contributed by atoms with Crippen molar-refractivity contribution in [3.63, 3.8) is 0 Å². The van der Waals surface area contributed by atoms with Crippen molar-refractivity contribution >= 4 is 11.6 Å². The summed E-state index contributed by atoms with van der Waals surface area (Å²) in [6.07, 6.45) is 1.94. The topological polar surface area (TPSA) is 59.6 Å². The number of carbonyl (C=O) groups is 1. The van der Waals surface area contributed by atoms with Gasteiger partial charge in [0.15, 0.2) is 11.5 Å². The molecule has 1 aromatic rings. The molecule has 1 aliphatic rings. The fraction of sp³-hybridized carbons (Fsp3) is 0.500. The highest BCUT2D eigenvalue weighted by Crippen LogP contribution is 2.30. The molecule has 1 aliphatic heterocycles. The number of hydrogen-bond acceptors (Lipinski definition) is 4. The minimum absolute atomic E-state index is 0.00474. The Balaban J connectivity index is 2.07. The quantitative estimate of drug-likeness (QED) is 0.851. The number of hydrogen-bond donors (Lipinski definition) is 2. The predicted molar refractivity (Wildman–Crippen MR) is 73.8 cm³/mol. The lowest BCUT2D eigenvalue weighted by molar-refractivity contribution is -0.117. The lowest BCUT2D eigenvalue weighted by Gasteiger charge is -2.14. The summed E-state index contributed by atoms with van der Waals surface area (Å²) >= 11 is 0. The molecule has 2 rings (SSSR count). The Morgan fingerprint density at radius 2 is 2.32 bits per heavy atom. The van der Waals surface area contributed by atoms with E-state index in [4.69, 9.17) is 9.47 Å². The lowest BCUT2D eigenvalue weighted by atomic mass is 10.2. The molecule has 19 heavy (non-hydrogen) atoms. The van der Waals surface area contributed by atoms with Gasteiger partial charge in [-0.05, 0) is 38.4 Å². The second-order valence-electron chi connectivity index (χ2n) is 4.44. The van der Waals surface area contributed by atoms with Crippen molar-refractivity contribution in [2.45, 2.75) is 25.8 Å². The van der Waals surface area contributed by atoms with E-state index in [9.17, 15) is 4.79 Å². The molecule has 1 fully saturated rings. The summed E-state index contributed by atoms with van der Waals surface area (Å²) in [4.78, 5) is 12.0. The summed E-state index contributed by atoms with van der Waals surface area (Å²) < 4.78 is 10.7. The monoisotopic (exact) mass is 264 g/mol. The highest BCUT2D eigenvalue weighted by atomic mass is 16.5. The molecule has 0 aromatic heterocycles. The minimum atomic E-state index is -0.0855. The number of rotatable bonds is 5. The van der Waals surface area contributed by atoms with E-state index in [1.165, 1.54) is 0 Å². The van der Waals surface area contributed by atoms with Gasteiger partial charge in [0.1, 0.15) is 0 Å². The summed E-state index contributed by atoms with van der Waals surface area (Å²) in [5.41, 5.74) is 0.725. The summed E-state index contributed by atoms with van der Waals surface area (Å²) in [5, 5.41) is 6.07. The number of benzene rings is 1. The Kier molecular flexibility index (Phi) is 4.63. The van der Waals surface area contributed by atoms with Gasteiger partial charge in [0.2, 0.25) is 5.91 Å². The number of anilines is 1. The molecule has 104 valence electrons. The van der Waals surface area contributed by atoms with E-state index in [-0.39, 0.29) is 11.9 Å². The van der Waals surface area contributed by atoms with Crippen LogP contribution in [0.2, 0.25) is 0 Å². The molecule has 0 saturated carbocycles. The van der Waals surface area contributed by atoms with E-state index in [1.807, 2.05) is 13.0 Å². The maximum Gasteiger partial charge on any atom is 0.241 e. The number of nitrogens with one attached hydrogen (secondary N) is 2. The Morgan fingerprint density at radius 1 is 1.47 bits per heavy atom. The molecular formula is C14H20N2O3. The van der Waals surface area contributed by atoms with E-state index in [2.05, 4.69) is 10.6 Å². The molecular weight excluding hydrogens is 244 g/mol. The van der Waals surface area contributed by atoms with Gasteiger partial charge in [0.25, 0.3) is 0 Å². The summed E-state index contributed by atoms with van der Waals surface area (Å²) in [6, 6.07) is 5.31. The van der Waals surface area contributed by atoms with Crippen LogP contribution >= 0.6 is 0 Å². The molecule has 0 spiro atoms. The number of ether oxygens (including phenoxy) is 2. The van der Waals surface area contributed by atoms with Crippen LogP contribution in [-0.4, -0.2) is 32.2 Å². The van der Waals surface area contributed by atoms with Gasteiger partial charge in [-0.3, -0.25) is 4.79 Å². The van der Waals surface area contributed by atoms with Crippen LogP contribution in [0.15, 0.2) is 18.2 Å². The standard InChI is InChI=1S/C14H20N2O3/c1-3-19-13-9-10(6-7-12(13)18-2)16-14(17)11-5-4-8-15-11/h6-7,9,11,15H,3-5,8H2,1-2H3,(H,16,17)/t11-/m1/s1. The smallest absolute Gasteiger partial charge is 0.241 e. The fourth-order valence-electron chi connectivity index (χ4n) is 2.16. The van der Waals surface area contributed by atoms with E-state index >= 15 is 0 Å². The molecule has 5 nitrogen and oxygen atoms in total. The lowest BCUT2D eigenvalue weighted by Crippen LogP contribution is -2.35. The van der Waals surface area contributed by atoms with Gasteiger partial charge >= 0.3 is 0 Å². The first-order valence-corrected chi connectivity index (χ1v) is 6.59. The number of amides is 1. The zero-order chi connectivity index (χ0) is 13.7. The van der Waals surface area contributed by atoms with E-state index in [0.29, 0.717) is 18.1 Å². The number of methoxy groups -OCH3 is 1. The second kappa shape index (κ2) is 6.43. The van der Waals surface area contributed by atoms with Gasteiger partial charge in [-0.2, -0.15) is 0 Å². The van der Waals surface area contributed by atoms with Gasteiger partial charge in [-0.15, -0.1) is 0 Å². The second-order valence-corrected chi connectivity index (χ2v) is 4.44. The van der Waals surface area contributed by atoms with Gasteiger partial charge in [-0.25, -0.2) is 0 Å². The Morgan fingerprint density at radius 3 is 2.95 bits per heavy atom. The van der Waals surface area contributed by atoms with Crippen molar-refractivity contribution in [2.24, 2.45) is 0 Å². The Hall–Kier alpha value is -1.75. The molecule has 0 aliphatic carbocycles. The Labute approximate surface area is 113 Å². The molecule has 1 heterocycles. The third-order valence-electron chi connectivity index (χ3n) is 3.11. The van der Waals surface area contributed by atoms with Gasteiger partial charge in [0.05, 0.1) is 19.8 Å². The van der Waals surface area contributed by atoms with Crippen molar-refractivity contribution < 1.29 is 14.3 Å². The molecule has 5 heteroatoms. The largest absolute Gasteiger partial charge is 0.493 e. The van der Waals surface area contributed by atoms with Crippen LogP contribution in [0, 0.1) is 0 Å². The minimum Gasteiger partial charge on any atom is -0.493 e. The number of carbonyl (C=O) groups excluding carboxylic acids is 1. The van der Waals surface area contributed by atoms with Gasteiger partial charge in [-0.1, -0.05) is 0 Å². The third kappa shape index (κ3) is 3.38. The highest BCUT2D eigenvalue weighted by Gasteiger charge is 2.22. The molecule has 1 saturated heterocycles. The van der Waals surface area contributed by atoms with Crippen LogP contribution in [0.4, 0.5) is 5.69 Å². The average molecular weight is 264 g/mol. The van der Waals surface area contributed by atoms with Crippen LogP contribution in [0.3, 0.4) is 0 Å². The van der Waals surface area contributed by atoms with Crippen LogP contribution in [0.25, 0.3) is 0 Å². The molecule has 2 N–H and O–H groups in total. The van der Waals surface area contributed by atoms with Crippen molar-refractivity contribution in [3.05, 3.63) is 18.2 Å². The highest BCUT2D eigenvalue weighted by molar-refractivity contribution is 5.95. The molecule has 1 aromatic carbocycles. The van der Waals surface area contributed by atoms with Crippen molar-refractivity contribution in [1.82, 2.24) is 5.32 Å². The van der Waals surface area contributed by atoms with Gasteiger partial charge < -0.3 is 20.1 Å².